The van der Waals surface area contributed by atoms with Crippen LogP contribution in [0.15, 0.2) is 53.3 Å². The number of hydrogen-bond acceptors (Lipinski definition) is 2. The SMILES string of the molecule is O=C(Cc1ccccc1)NCc1ccc2[nH]c(=O)[nH]c2c1. The molecule has 0 fully saturated rings. The van der Waals surface area contributed by atoms with Crippen molar-refractivity contribution in [3.8, 4) is 0 Å². The summed E-state index contributed by atoms with van der Waals surface area (Å²) in [6.45, 7) is 0.439. The number of hydrogen-bond donors (Lipinski definition) is 3. The van der Waals surface area contributed by atoms with Crippen LogP contribution < -0.4 is 11.0 Å². The molecule has 0 aliphatic rings. The zero-order chi connectivity index (χ0) is 14.7. The molecule has 21 heavy (non-hydrogen) atoms. The summed E-state index contributed by atoms with van der Waals surface area (Å²) >= 11 is 0. The average Bonchev–Trinajstić information content (AvgIpc) is 2.85. The Labute approximate surface area is 121 Å². The standard InChI is InChI=1S/C16H15N3O2/c20-15(9-11-4-2-1-3-5-11)17-10-12-6-7-13-14(8-12)19-16(21)18-13/h1-8H,9-10H2,(H,17,20)(H2,18,19,21). The highest BCUT2D eigenvalue weighted by atomic mass is 16.1. The molecule has 106 valence electrons. The summed E-state index contributed by atoms with van der Waals surface area (Å²) in [5.41, 5.74) is 3.21. The minimum atomic E-state index is -0.227. The van der Waals surface area contributed by atoms with E-state index in [1.165, 1.54) is 0 Å². The molecule has 0 aliphatic heterocycles. The first-order valence-electron chi connectivity index (χ1n) is 6.72. The largest absolute Gasteiger partial charge is 0.352 e. The van der Waals surface area contributed by atoms with E-state index in [2.05, 4.69) is 15.3 Å². The Hall–Kier alpha value is -2.82. The molecule has 3 N–H and O–H groups in total. The molecule has 2 aromatic carbocycles. The van der Waals surface area contributed by atoms with Gasteiger partial charge < -0.3 is 15.3 Å². The van der Waals surface area contributed by atoms with Crippen LogP contribution in [-0.4, -0.2) is 15.9 Å². The van der Waals surface area contributed by atoms with E-state index < -0.39 is 0 Å². The summed E-state index contributed by atoms with van der Waals surface area (Å²) in [7, 11) is 0. The van der Waals surface area contributed by atoms with Crippen molar-refractivity contribution < 1.29 is 4.79 Å². The third kappa shape index (κ3) is 3.20. The molecule has 3 aromatic rings. The van der Waals surface area contributed by atoms with Gasteiger partial charge in [-0.15, -0.1) is 0 Å². The number of fused-ring (bicyclic) bond motifs is 1. The molecule has 0 spiro atoms. The van der Waals surface area contributed by atoms with Crippen molar-refractivity contribution in [2.24, 2.45) is 0 Å². The molecular weight excluding hydrogens is 266 g/mol. The van der Waals surface area contributed by atoms with E-state index in [9.17, 15) is 9.59 Å². The Morgan fingerprint density at radius 3 is 2.52 bits per heavy atom. The zero-order valence-electron chi connectivity index (χ0n) is 11.3. The number of amides is 1. The first kappa shape index (κ1) is 13.2. The van der Waals surface area contributed by atoms with Gasteiger partial charge in [0.2, 0.25) is 5.91 Å². The smallest absolute Gasteiger partial charge is 0.323 e. The maximum atomic E-state index is 11.9. The van der Waals surface area contributed by atoms with Crippen molar-refractivity contribution in [2.45, 2.75) is 13.0 Å². The lowest BCUT2D eigenvalue weighted by Gasteiger charge is -2.05. The van der Waals surface area contributed by atoms with Gasteiger partial charge in [-0.3, -0.25) is 4.79 Å². The fourth-order valence-electron chi connectivity index (χ4n) is 2.23. The van der Waals surface area contributed by atoms with E-state index >= 15 is 0 Å². The highest BCUT2D eigenvalue weighted by Crippen LogP contribution is 2.10. The number of nitrogens with one attached hydrogen (secondary N) is 3. The van der Waals surface area contributed by atoms with Crippen LogP contribution in [0.4, 0.5) is 0 Å². The molecule has 1 amide bonds. The van der Waals surface area contributed by atoms with Crippen molar-refractivity contribution in [3.05, 3.63) is 70.1 Å². The summed E-state index contributed by atoms with van der Waals surface area (Å²) in [5.74, 6) is -0.0242. The van der Waals surface area contributed by atoms with Gasteiger partial charge in [-0.05, 0) is 23.3 Å². The third-order valence-corrected chi connectivity index (χ3v) is 3.28. The predicted octanol–water partition coefficient (Wildman–Crippen LogP) is 1.72. The summed E-state index contributed by atoms with van der Waals surface area (Å²) in [6.07, 6.45) is 0.365. The summed E-state index contributed by atoms with van der Waals surface area (Å²) < 4.78 is 0. The maximum absolute atomic E-state index is 11.9. The minimum absolute atomic E-state index is 0.0242. The molecule has 0 saturated heterocycles. The van der Waals surface area contributed by atoms with Crippen molar-refractivity contribution >= 4 is 16.9 Å². The molecule has 0 bridgehead atoms. The Morgan fingerprint density at radius 2 is 1.71 bits per heavy atom. The van der Waals surface area contributed by atoms with Crippen molar-refractivity contribution in [1.29, 1.82) is 0 Å². The second-order valence-electron chi connectivity index (χ2n) is 4.90. The Kier molecular flexibility index (Phi) is 3.55. The lowest BCUT2D eigenvalue weighted by atomic mass is 10.1. The van der Waals surface area contributed by atoms with E-state index in [-0.39, 0.29) is 11.6 Å². The van der Waals surface area contributed by atoms with Gasteiger partial charge in [-0.1, -0.05) is 36.4 Å². The molecule has 0 atom stereocenters. The van der Waals surface area contributed by atoms with Crippen LogP contribution in [-0.2, 0) is 17.8 Å². The number of imidazole rings is 1. The fraction of sp³-hybridized carbons (Fsp3) is 0.125. The number of benzene rings is 2. The summed E-state index contributed by atoms with van der Waals surface area (Å²) in [5, 5.41) is 2.88. The van der Waals surface area contributed by atoms with Crippen LogP contribution in [0.3, 0.4) is 0 Å². The minimum Gasteiger partial charge on any atom is -0.352 e. The number of carbonyl (C=O) groups is 1. The quantitative estimate of drug-likeness (QED) is 0.681. The summed E-state index contributed by atoms with van der Waals surface area (Å²) in [4.78, 5) is 28.5. The monoisotopic (exact) mass is 281 g/mol. The summed E-state index contributed by atoms with van der Waals surface area (Å²) in [6, 6.07) is 15.2. The number of aromatic amines is 2. The Morgan fingerprint density at radius 1 is 0.952 bits per heavy atom. The first-order chi connectivity index (χ1) is 10.2. The van der Waals surface area contributed by atoms with Gasteiger partial charge in [-0.2, -0.15) is 0 Å². The van der Waals surface area contributed by atoms with Gasteiger partial charge in [0.25, 0.3) is 0 Å². The molecule has 1 heterocycles. The number of H-pyrrole nitrogens is 2. The van der Waals surface area contributed by atoms with E-state index in [0.717, 1.165) is 22.2 Å². The van der Waals surface area contributed by atoms with Crippen LogP contribution in [0.25, 0.3) is 11.0 Å². The molecule has 0 saturated carbocycles. The second-order valence-corrected chi connectivity index (χ2v) is 4.90. The Bertz CT molecular complexity index is 818. The average molecular weight is 281 g/mol. The lowest BCUT2D eigenvalue weighted by molar-refractivity contribution is -0.120. The van der Waals surface area contributed by atoms with Gasteiger partial charge >= 0.3 is 5.69 Å². The molecule has 0 radical (unpaired) electrons. The lowest BCUT2D eigenvalue weighted by Crippen LogP contribution is -2.24. The van der Waals surface area contributed by atoms with E-state index in [1.807, 2.05) is 48.5 Å². The van der Waals surface area contributed by atoms with E-state index in [0.29, 0.717) is 13.0 Å². The number of aromatic nitrogens is 2. The zero-order valence-corrected chi connectivity index (χ0v) is 11.3. The van der Waals surface area contributed by atoms with Gasteiger partial charge in [0.05, 0.1) is 17.5 Å². The van der Waals surface area contributed by atoms with Crippen molar-refractivity contribution in [2.75, 3.05) is 0 Å². The fourth-order valence-corrected chi connectivity index (χ4v) is 2.23. The molecule has 5 heteroatoms. The van der Waals surface area contributed by atoms with Crippen LogP contribution in [0.2, 0.25) is 0 Å². The number of carbonyl (C=O) groups excluding carboxylic acids is 1. The molecule has 5 nitrogen and oxygen atoms in total. The van der Waals surface area contributed by atoms with E-state index in [1.54, 1.807) is 0 Å². The van der Waals surface area contributed by atoms with Crippen LogP contribution in [0, 0.1) is 0 Å². The molecule has 3 rings (SSSR count). The maximum Gasteiger partial charge on any atom is 0.323 e. The molecule has 1 aromatic heterocycles. The topological polar surface area (TPSA) is 77.8 Å². The van der Waals surface area contributed by atoms with E-state index in [4.69, 9.17) is 0 Å². The van der Waals surface area contributed by atoms with Gasteiger partial charge in [0.1, 0.15) is 0 Å². The van der Waals surface area contributed by atoms with Crippen molar-refractivity contribution in [1.82, 2.24) is 15.3 Å². The predicted molar refractivity (Wildman–Crippen MR) is 80.9 cm³/mol. The van der Waals surface area contributed by atoms with Crippen LogP contribution in [0.5, 0.6) is 0 Å². The highest BCUT2D eigenvalue weighted by molar-refractivity contribution is 5.79. The molecular formula is C16H15N3O2. The van der Waals surface area contributed by atoms with Gasteiger partial charge in [0, 0.05) is 6.54 Å². The third-order valence-electron chi connectivity index (χ3n) is 3.28. The first-order valence-corrected chi connectivity index (χ1v) is 6.72. The highest BCUT2D eigenvalue weighted by Gasteiger charge is 2.04. The molecule has 0 aliphatic carbocycles. The van der Waals surface area contributed by atoms with Crippen LogP contribution >= 0.6 is 0 Å². The molecule has 0 unspecified atom stereocenters. The normalized spacial score (nSPS) is 10.7. The van der Waals surface area contributed by atoms with Gasteiger partial charge in [-0.25, -0.2) is 4.79 Å². The van der Waals surface area contributed by atoms with Gasteiger partial charge in [0.15, 0.2) is 0 Å². The van der Waals surface area contributed by atoms with Crippen molar-refractivity contribution in [3.63, 3.8) is 0 Å². The van der Waals surface area contributed by atoms with Crippen LogP contribution in [0.1, 0.15) is 11.1 Å². The number of rotatable bonds is 4. The Balaban J connectivity index is 1.63. The second kappa shape index (κ2) is 5.66.